The van der Waals surface area contributed by atoms with Gasteiger partial charge in [-0.3, -0.25) is 9.59 Å². The number of likely N-dealkylation sites (N-methyl/N-ethyl adjacent to an activating group) is 1. The van der Waals surface area contributed by atoms with Crippen LogP contribution < -0.4 is 0 Å². The molecule has 17 heavy (non-hydrogen) atoms. The van der Waals surface area contributed by atoms with E-state index in [-0.39, 0.29) is 17.7 Å². The topological polar surface area (TPSA) is 65.3 Å². The lowest BCUT2D eigenvalue weighted by atomic mass is 9.91. The van der Waals surface area contributed by atoms with Crippen molar-refractivity contribution >= 4 is 23.7 Å². The van der Waals surface area contributed by atoms with Gasteiger partial charge in [-0.1, -0.05) is 0 Å². The summed E-state index contributed by atoms with van der Waals surface area (Å²) < 4.78 is 0. The fraction of sp³-hybridized carbons (Fsp3) is 0.455. The van der Waals surface area contributed by atoms with Gasteiger partial charge in [-0.25, -0.2) is 0 Å². The zero-order valence-corrected chi connectivity index (χ0v) is 10.0. The molecule has 1 atom stereocenters. The fourth-order valence-corrected chi connectivity index (χ4v) is 1.78. The van der Waals surface area contributed by atoms with Crippen molar-refractivity contribution in [2.75, 3.05) is 20.6 Å². The van der Waals surface area contributed by atoms with E-state index in [0.717, 1.165) is 0 Å². The summed E-state index contributed by atoms with van der Waals surface area (Å²) in [5, 5.41) is 7.52. The molecular weight excluding hydrogens is 220 g/mol. The Morgan fingerprint density at radius 1 is 1.59 bits per heavy atom. The van der Waals surface area contributed by atoms with E-state index in [1.54, 1.807) is 25.2 Å². The fourth-order valence-electron chi connectivity index (χ4n) is 1.78. The third-order valence-electron chi connectivity index (χ3n) is 2.95. The number of hydrogen-bond donors (Lipinski definition) is 0. The molecule has 0 bridgehead atoms. The summed E-state index contributed by atoms with van der Waals surface area (Å²) in [5.74, 6) is -0.693. The van der Waals surface area contributed by atoms with E-state index < -0.39 is 0 Å². The number of fused-ring (bicyclic) bond motifs is 1. The van der Waals surface area contributed by atoms with E-state index in [2.05, 4.69) is 10.2 Å². The van der Waals surface area contributed by atoms with Crippen LogP contribution in [0.25, 0.3) is 0 Å². The molecule has 0 aromatic carbocycles. The van der Waals surface area contributed by atoms with Crippen molar-refractivity contribution in [1.82, 2.24) is 9.80 Å². The molecule has 1 unspecified atom stereocenters. The molecule has 2 aliphatic rings. The largest absolute Gasteiger partial charge is 0.342 e. The quantitative estimate of drug-likeness (QED) is 0.668. The number of hydrogen-bond acceptors (Lipinski definition) is 4. The third-order valence-corrected chi connectivity index (χ3v) is 2.95. The molecule has 2 amide bonds. The minimum absolute atomic E-state index is 0.0992. The maximum Gasteiger partial charge on any atom is 0.274 e. The van der Waals surface area contributed by atoms with Gasteiger partial charge < -0.3 is 9.80 Å². The SMILES string of the molecule is CCN(C)C(=O)C1=CN(C)C(=O)C2=NN=CC12. The lowest BCUT2D eigenvalue weighted by molar-refractivity contribution is -0.126. The highest BCUT2D eigenvalue weighted by molar-refractivity contribution is 6.45. The highest BCUT2D eigenvalue weighted by atomic mass is 16.2. The van der Waals surface area contributed by atoms with Gasteiger partial charge in [0.15, 0.2) is 0 Å². The second kappa shape index (κ2) is 4.12. The molecule has 0 aromatic rings. The monoisotopic (exact) mass is 234 g/mol. The summed E-state index contributed by atoms with van der Waals surface area (Å²) in [6, 6.07) is 0. The summed E-state index contributed by atoms with van der Waals surface area (Å²) in [4.78, 5) is 26.9. The third kappa shape index (κ3) is 1.75. The Kier molecular flexibility index (Phi) is 2.79. The predicted octanol–water partition coefficient (Wildman–Crippen LogP) is -0.123. The summed E-state index contributed by atoms with van der Waals surface area (Å²) >= 11 is 0. The standard InChI is InChI=1S/C11H14N4O2/c1-4-14(2)10(16)8-6-15(3)11(17)9-7(8)5-12-13-9/h5-7H,4H2,1-3H3. The van der Waals surface area contributed by atoms with Gasteiger partial charge >= 0.3 is 0 Å². The summed E-state index contributed by atoms with van der Waals surface area (Å²) in [5.41, 5.74) is 0.860. The van der Waals surface area contributed by atoms with Crippen LogP contribution in [-0.2, 0) is 9.59 Å². The Balaban J connectivity index is 2.37. The summed E-state index contributed by atoms with van der Waals surface area (Å²) in [7, 11) is 3.33. The van der Waals surface area contributed by atoms with Crippen molar-refractivity contribution in [1.29, 1.82) is 0 Å². The second-order valence-electron chi connectivity index (χ2n) is 4.05. The molecular formula is C11H14N4O2. The number of carbonyl (C=O) groups excluding carboxylic acids is 2. The number of carbonyl (C=O) groups is 2. The van der Waals surface area contributed by atoms with Gasteiger partial charge in [0.1, 0.15) is 5.71 Å². The molecule has 2 rings (SSSR count). The molecule has 6 nitrogen and oxygen atoms in total. The predicted molar refractivity (Wildman–Crippen MR) is 63.6 cm³/mol. The Bertz CT molecular complexity index is 464. The smallest absolute Gasteiger partial charge is 0.274 e. The first kappa shape index (κ1) is 11.5. The van der Waals surface area contributed by atoms with E-state index in [0.29, 0.717) is 17.8 Å². The Morgan fingerprint density at radius 2 is 2.29 bits per heavy atom. The van der Waals surface area contributed by atoms with Crippen LogP contribution in [0.4, 0.5) is 0 Å². The van der Waals surface area contributed by atoms with Gasteiger partial charge in [-0.2, -0.15) is 5.10 Å². The van der Waals surface area contributed by atoms with Crippen LogP contribution >= 0.6 is 0 Å². The Labute approximate surface area is 99.3 Å². The van der Waals surface area contributed by atoms with E-state index in [4.69, 9.17) is 0 Å². The van der Waals surface area contributed by atoms with Crippen LogP contribution in [0.3, 0.4) is 0 Å². The molecule has 0 aromatic heterocycles. The van der Waals surface area contributed by atoms with E-state index in [1.807, 2.05) is 6.92 Å². The van der Waals surface area contributed by atoms with Gasteiger partial charge in [-0.05, 0) is 6.92 Å². The number of amides is 2. The van der Waals surface area contributed by atoms with Gasteiger partial charge in [0.25, 0.3) is 11.8 Å². The van der Waals surface area contributed by atoms with Crippen LogP contribution in [-0.4, -0.2) is 54.2 Å². The van der Waals surface area contributed by atoms with Crippen LogP contribution in [0.15, 0.2) is 22.0 Å². The minimum Gasteiger partial charge on any atom is -0.342 e. The van der Waals surface area contributed by atoms with Gasteiger partial charge in [0.2, 0.25) is 0 Å². The maximum atomic E-state index is 12.1. The highest BCUT2D eigenvalue weighted by Gasteiger charge is 2.38. The van der Waals surface area contributed by atoms with Gasteiger partial charge in [0.05, 0.1) is 5.92 Å². The normalized spacial score (nSPS) is 22.2. The van der Waals surface area contributed by atoms with Gasteiger partial charge in [0, 0.05) is 38.6 Å². The van der Waals surface area contributed by atoms with E-state index in [1.165, 1.54) is 11.1 Å². The maximum absolute atomic E-state index is 12.1. The molecule has 0 radical (unpaired) electrons. The second-order valence-corrected chi connectivity index (χ2v) is 4.05. The van der Waals surface area contributed by atoms with Crippen molar-refractivity contribution in [3.05, 3.63) is 11.8 Å². The molecule has 6 heteroatoms. The number of rotatable bonds is 2. The molecule has 0 saturated carbocycles. The van der Waals surface area contributed by atoms with Crippen molar-refractivity contribution in [3.63, 3.8) is 0 Å². The number of nitrogens with zero attached hydrogens (tertiary/aromatic N) is 4. The van der Waals surface area contributed by atoms with Crippen LogP contribution in [0.2, 0.25) is 0 Å². The first-order valence-electron chi connectivity index (χ1n) is 5.41. The molecule has 0 spiro atoms. The van der Waals surface area contributed by atoms with Crippen molar-refractivity contribution in [2.24, 2.45) is 16.1 Å². The van der Waals surface area contributed by atoms with Crippen molar-refractivity contribution in [2.45, 2.75) is 6.92 Å². The summed E-state index contributed by atoms with van der Waals surface area (Å²) in [6.07, 6.45) is 3.10. The average Bonchev–Trinajstić information content (AvgIpc) is 2.81. The molecule has 0 aliphatic carbocycles. The Hall–Kier alpha value is -1.98. The van der Waals surface area contributed by atoms with Crippen molar-refractivity contribution < 1.29 is 9.59 Å². The molecule has 90 valence electrons. The average molecular weight is 234 g/mol. The van der Waals surface area contributed by atoms with E-state index in [9.17, 15) is 9.59 Å². The van der Waals surface area contributed by atoms with Crippen LogP contribution in [0.5, 0.6) is 0 Å². The van der Waals surface area contributed by atoms with Gasteiger partial charge in [-0.15, -0.1) is 5.10 Å². The summed E-state index contributed by atoms with van der Waals surface area (Å²) in [6.45, 7) is 2.51. The molecule has 0 fully saturated rings. The molecule has 2 heterocycles. The van der Waals surface area contributed by atoms with Crippen LogP contribution in [0.1, 0.15) is 6.92 Å². The first-order valence-corrected chi connectivity index (χ1v) is 5.41. The Morgan fingerprint density at radius 3 is 2.94 bits per heavy atom. The molecule has 0 saturated heterocycles. The van der Waals surface area contributed by atoms with E-state index >= 15 is 0 Å². The highest BCUT2D eigenvalue weighted by Crippen LogP contribution is 2.24. The minimum atomic E-state index is -0.389. The zero-order chi connectivity index (χ0) is 12.6. The van der Waals surface area contributed by atoms with Crippen molar-refractivity contribution in [3.8, 4) is 0 Å². The lowest BCUT2D eigenvalue weighted by Crippen LogP contribution is -2.43. The van der Waals surface area contributed by atoms with Crippen LogP contribution in [0, 0.1) is 5.92 Å². The molecule has 0 N–H and O–H groups in total. The first-order chi connectivity index (χ1) is 8.06. The lowest BCUT2D eigenvalue weighted by Gasteiger charge is -2.27. The molecule has 2 aliphatic heterocycles. The zero-order valence-electron chi connectivity index (χ0n) is 10.0.